The Morgan fingerprint density at radius 3 is 2.17 bits per heavy atom. The van der Waals surface area contributed by atoms with Crippen LogP contribution in [-0.2, 0) is 33.3 Å². The predicted octanol–water partition coefficient (Wildman–Crippen LogP) is -0.509. The fourth-order valence-corrected chi connectivity index (χ4v) is 4.13. The molecule has 0 amide bonds. The molecule has 0 aromatic rings. The molecule has 0 spiro atoms. The minimum absolute atomic E-state index is 0.170. The Kier molecular flexibility index (Phi) is 13.2. The van der Waals surface area contributed by atoms with E-state index in [1.165, 1.54) is 32.1 Å². The van der Waals surface area contributed by atoms with Crippen molar-refractivity contribution in [1.29, 1.82) is 0 Å². The Bertz CT molecular complexity index is 699. The van der Waals surface area contributed by atoms with E-state index >= 15 is 0 Å². The Hall–Kier alpha value is -1.67. The van der Waals surface area contributed by atoms with E-state index < -0.39 is 80.0 Å². The van der Waals surface area contributed by atoms with Crippen molar-refractivity contribution in [2.75, 3.05) is 13.2 Å². The summed E-state index contributed by atoms with van der Waals surface area (Å²) in [6.45, 7) is 0.891. The first-order valence-electron chi connectivity index (χ1n) is 12.7. The molecule has 0 saturated carbocycles. The van der Waals surface area contributed by atoms with Gasteiger partial charge in [-0.1, -0.05) is 58.3 Å². The van der Waals surface area contributed by atoms with Gasteiger partial charge in [0, 0.05) is 6.42 Å². The van der Waals surface area contributed by atoms with Crippen LogP contribution in [-0.4, -0.2) is 105 Å². The molecule has 2 unspecified atom stereocenters. The van der Waals surface area contributed by atoms with Gasteiger partial charge >= 0.3 is 11.9 Å². The second-order valence-corrected chi connectivity index (χ2v) is 9.30. The molecule has 2 aliphatic heterocycles. The van der Waals surface area contributed by atoms with Crippen molar-refractivity contribution in [3.05, 3.63) is 0 Å². The Morgan fingerprint density at radius 1 is 0.944 bits per heavy atom. The minimum Gasteiger partial charge on any atom is -0.463 e. The Balaban J connectivity index is 1.71. The van der Waals surface area contributed by atoms with Gasteiger partial charge in [0.15, 0.2) is 12.4 Å². The van der Waals surface area contributed by atoms with Crippen LogP contribution in [0, 0.1) is 0 Å². The summed E-state index contributed by atoms with van der Waals surface area (Å²) in [5.74, 6) is -2.69. The summed E-state index contributed by atoms with van der Waals surface area (Å²) in [7, 11) is 0. The molecule has 0 aliphatic carbocycles. The third-order valence-electron chi connectivity index (χ3n) is 6.36. The number of ether oxygens (including phenoxy) is 4. The molecule has 2 rings (SSSR count). The van der Waals surface area contributed by atoms with Crippen molar-refractivity contribution in [3.63, 3.8) is 0 Å². The van der Waals surface area contributed by atoms with Crippen molar-refractivity contribution in [1.82, 2.24) is 0 Å². The number of Topliss-reactive ketones (excluding diaryl/α,β-unsaturated/α-hetero) is 1. The van der Waals surface area contributed by atoms with Gasteiger partial charge in [0.25, 0.3) is 0 Å². The minimum atomic E-state index is -1.89. The maximum atomic E-state index is 12.6. The third kappa shape index (κ3) is 8.72. The molecule has 36 heavy (non-hydrogen) atoms. The van der Waals surface area contributed by atoms with E-state index in [1.54, 1.807) is 0 Å². The third-order valence-corrected chi connectivity index (χ3v) is 6.36. The van der Waals surface area contributed by atoms with Crippen molar-refractivity contribution < 1.29 is 58.9 Å². The average molecular weight is 521 g/mol. The van der Waals surface area contributed by atoms with Crippen LogP contribution in [0.5, 0.6) is 0 Å². The summed E-state index contributed by atoms with van der Waals surface area (Å²) in [5.41, 5.74) is 0. The monoisotopic (exact) mass is 520 g/mol. The van der Waals surface area contributed by atoms with Crippen molar-refractivity contribution in [3.8, 4) is 0 Å². The fourth-order valence-electron chi connectivity index (χ4n) is 4.13. The van der Waals surface area contributed by atoms with Gasteiger partial charge in [0.1, 0.15) is 37.1 Å². The molecule has 0 aromatic carbocycles. The molecule has 8 atom stereocenters. The average Bonchev–Trinajstić information content (AvgIpc) is 3.14. The highest BCUT2D eigenvalue weighted by atomic mass is 16.7. The van der Waals surface area contributed by atoms with Crippen molar-refractivity contribution >= 4 is 17.7 Å². The summed E-state index contributed by atoms with van der Waals surface area (Å²) in [6.07, 6.45) is -3.42. The Morgan fingerprint density at radius 2 is 1.56 bits per heavy atom. The summed E-state index contributed by atoms with van der Waals surface area (Å²) in [4.78, 5) is 36.6. The zero-order valence-corrected chi connectivity index (χ0v) is 20.7. The van der Waals surface area contributed by atoms with Crippen LogP contribution in [0.4, 0.5) is 0 Å². The lowest BCUT2D eigenvalue weighted by molar-refractivity contribution is -0.305. The second kappa shape index (κ2) is 15.6. The van der Waals surface area contributed by atoms with E-state index in [4.69, 9.17) is 18.9 Å². The highest BCUT2D eigenvalue weighted by molar-refractivity contribution is 6.09. The fraction of sp³-hybridized carbons (Fsp3) is 0.875. The predicted molar refractivity (Wildman–Crippen MR) is 122 cm³/mol. The number of unbranched alkanes of at least 4 members (excludes halogenated alkanes) is 8. The van der Waals surface area contributed by atoms with E-state index in [0.29, 0.717) is 6.42 Å². The molecule has 2 heterocycles. The molecule has 5 N–H and O–H groups in total. The van der Waals surface area contributed by atoms with Gasteiger partial charge in [-0.15, -0.1) is 0 Å². The van der Waals surface area contributed by atoms with Gasteiger partial charge < -0.3 is 44.5 Å². The molecular formula is C24H40O12. The van der Waals surface area contributed by atoms with Gasteiger partial charge in [-0.05, 0) is 6.42 Å². The lowest BCUT2D eigenvalue weighted by atomic mass is 9.99. The van der Waals surface area contributed by atoms with E-state index in [-0.39, 0.29) is 6.42 Å². The van der Waals surface area contributed by atoms with E-state index in [2.05, 4.69) is 6.92 Å². The maximum absolute atomic E-state index is 12.6. The summed E-state index contributed by atoms with van der Waals surface area (Å²) in [5, 5.41) is 49.1. The van der Waals surface area contributed by atoms with Crippen molar-refractivity contribution in [2.45, 2.75) is 120 Å². The smallest absolute Gasteiger partial charge is 0.344 e. The largest absolute Gasteiger partial charge is 0.463 e. The standard InChI is InChI=1S/C24H40O12/c1-2-3-4-5-6-7-8-9-10-11-16(27)33-13-14(26)21-20(31)22(23(32)35-21)36-24-19(30)18(29)17(28)15(12-25)34-24/h14-15,17-19,21-22,24-26,28-30H,2-13H2,1H3/t14-,15-,17-,18+,19-,21?,22?,24-/m1/s1. The molecule has 0 bridgehead atoms. The molecule has 0 aromatic heterocycles. The van der Waals surface area contributed by atoms with Gasteiger partial charge in [-0.2, -0.15) is 0 Å². The number of aliphatic hydroxyl groups excluding tert-OH is 5. The molecular weight excluding hydrogens is 480 g/mol. The number of aliphatic hydroxyl groups is 5. The van der Waals surface area contributed by atoms with Gasteiger partial charge in [0.2, 0.25) is 11.9 Å². The van der Waals surface area contributed by atoms with Gasteiger partial charge in [-0.25, -0.2) is 4.79 Å². The summed E-state index contributed by atoms with van der Waals surface area (Å²) < 4.78 is 20.2. The SMILES string of the molecule is CCCCCCCCCCCC(=O)OC[C@@H](O)C1OC(=O)C(O[C@H]2O[C@H](CO)[C@@H](O)[C@H](O)[C@H]2O)C1=O. The first-order chi connectivity index (χ1) is 17.2. The van der Waals surface area contributed by atoms with Crippen LogP contribution >= 0.6 is 0 Å². The highest BCUT2D eigenvalue weighted by Crippen LogP contribution is 2.26. The molecule has 2 saturated heterocycles. The van der Waals surface area contributed by atoms with Gasteiger partial charge in [-0.3, -0.25) is 9.59 Å². The number of esters is 2. The lowest BCUT2D eigenvalue weighted by Crippen LogP contribution is -2.60. The number of cyclic esters (lactones) is 1. The van der Waals surface area contributed by atoms with E-state index in [1.807, 2.05) is 0 Å². The number of rotatable bonds is 16. The molecule has 0 radical (unpaired) electrons. The zero-order valence-electron chi connectivity index (χ0n) is 20.7. The zero-order chi connectivity index (χ0) is 26.7. The molecule has 12 nitrogen and oxygen atoms in total. The maximum Gasteiger partial charge on any atom is 0.344 e. The van der Waals surface area contributed by atoms with E-state index in [9.17, 15) is 39.9 Å². The number of hydrogen-bond acceptors (Lipinski definition) is 12. The summed E-state index contributed by atoms with van der Waals surface area (Å²) >= 11 is 0. The normalized spacial score (nSPS) is 31.3. The first-order valence-corrected chi connectivity index (χ1v) is 12.7. The number of carbonyl (C=O) groups is 3. The number of carbonyl (C=O) groups excluding carboxylic acids is 3. The quantitative estimate of drug-likeness (QED) is 0.0997. The second-order valence-electron chi connectivity index (χ2n) is 9.30. The highest BCUT2D eigenvalue weighted by Gasteiger charge is 2.52. The molecule has 12 heteroatoms. The number of hydrogen-bond donors (Lipinski definition) is 5. The molecule has 2 aliphatic rings. The van der Waals surface area contributed by atoms with Crippen molar-refractivity contribution in [2.24, 2.45) is 0 Å². The topological polar surface area (TPSA) is 189 Å². The molecule has 208 valence electrons. The lowest BCUT2D eigenvalue weighted by Gasteiger charge is -2.39. The Labute approximate surface area is 210 Å². The van der Waals surface area contributed by atoms with Crippen LogP contribution in [0.1, 0.15) is 71.1 Å². The van der Waals surface area contributed by atoms with Gasteiger partial charge in [0.05, 0.1) is 6.61 Å². The summed E-state index contributed by atoms with van der Waals surface area (Å²) in [6, 6.07) is 0. The van der Waals surface area contributed by atoms with Crippen LogP contribution in [0.25, 0.3) is 0 Å². The van der Waals surface area contributed by atoms with E-state index in [0.717, 1.165) is 19.3 Å². The van der Waals surface area contributed by atoms with Crippen LogP contribution < -0.4 is 0 Å². The number of ketones is 1. The van der Waals surface area contributed by atoms with Crippen LogP contribution in [0.3, 0.4) is 0 Å². The molecule has 2 fully saturated rings. The first kappa shape index (κ1) is 30.6. The van der Waals surface area contributed by atoms with Crippen LogP contribution in [0.15, 0.2) is 0 Å². The van der Waals surface area contributed by atoms with Crippen LogP contribution in [0.2, 0.25) is 0 Å².